The molecule has 116 valence electrons. The highest BCUT2D eigenvalue weighted by atomic mass is 35.5. The first-order valence-electron chi connectivity index (χ1n) is 6.35. The van der Waals surface area contributed by atoms with Crippen molar-refractivity contribution >= 4 is 81.2 Å². The Morgan fingerprint density at radius 2 is 0.905 bits per heavy atom. The van der Waals surface area contributed by atoms with Crippen LogP contribution in [0.3, 0.4) is 0 Å². The van der Waals surface area contributed by atoms with Crippen molar-refractivity contribution in [2.24, 2.45) is 5.73 Å². The molecule has 0 aromatic heterocycles. The predicted molar refractivity (Wildman–Crippen MR) is 81.6 cm³/mol. The molecule has 7 fully saturated rings. The quantitative estimate of drug-likeness (QED) is 0.598. The average Bonchev–Trinajstić information content (AvgIpc) is 2.99. The number of hydrogen-bond donors (Lipinski definition) is 1. The van der Waals surface area contributed by atoms with Gasteiger partial charge in [0.1, 0.15) is 34.1 Å². The lowest BCUT2D eigenvalue weighted by Crippen LogP contribution is -3.30. The maximum Gasteiger partial charge on any atom is 0.215 e. The molecule has 8 atom stereocenters. The molecule has 6 saturated carbocycles. The van der Waals surface area contributed by atoms with Crippen LogP contribution in [0.5, 0.6) is 0 Å². The SMILES string of the molecule is NC12C3(Cl)[C@]4(Cl)C5(Cl)C6(OCCO6)C(Cl)([C@]14Cl)[C@]2(Cl)[C@@]53Cl. The van der Waals surface area contributed by atoms with Crippen LogP contribution in [-0.2, 0) is 9.47 Å². The molecule has 0 amide bonds. The van der Waals surface area contributed by atoms with Gasteiger partial charge in [-0.2, -0.15) is 0 Å². The number of alkyl halides is 7. The molecule has 1 heterocycles. The molecule has 7 aliphatic rings. The van der Waals surface area contributed by atoms with Gasteiger partial charge in [0.25, 0.3) is 0 Å². The Morgan fingerprint density at radius 3 is 1.33 bits per heavy atom. The van der Waals surface area contributed by atoms with Crippen LogP contribution in [0.25, 0.3) is 0 Å². The van der Waals surface area contributed by atoms with E-state index in [1.54, 1.807) is 0 Å². The van der Waals surface area contributed by atoms with E-state index in [-0.39, 0.29) is 13.2 Å². The van der Waals surface area contributed by atoms with Crippen molar-refractivity contribution in [2.75, 3.05) is 13.2 Å². The van der Waals surface area contributed by atoms with Crippen LogP contribution in [0, 0.1) is 0 Å². The lowest BCUT2D eigenvalue weighted by molar-refractivity contribution is -0.284. The van der Waals surface area contributed by atoms with Gasteiger partial charge in [-0.25, -0.2) is 0 Å². The molecule has 0 radical (unpaired) electrons. The summed E-state index contributed by atoms with van der Waals surface area (Å²) in [6.07, 6.45) is 0. The van der Waals surface area contributed by atoms with Gasteiger partial charge in [-0.3, -0.25) is 0 Å². The third kappa shape index (κ3) is 0.531. The predicted octanol–water partition coefficient (Wildman–Crippen LogP) is 2.34. The van der Waals surface area contributed by atoms with E-state index in [2.05, 4.69) is 0 Å². The molecule has 21 heavy (non-hydrogen) atoms. The molecule has 4 unspecified atom stereocenters. The van der Waals surface area contributed by atoms with E-state index in [1.807, 2.05) is 0 Å². The zero-order valence-electron chi connectivity index (χ0n) is 9.95. The van der Waals surface area contributed by atoms with Gasteiger partial charge in [-0.1, -0.05) is 0 Å². The highest BCUT2D eigenvalue weighted by molar-refractivity contribution is 6.72. The molecule has 6 aliphatic carbocycles. The highest BCUT2D eigenvalue weighted by Crippen LogP contribution is 3.14. The molecule has 0 aromatic carbocycles. The topological polar surface area (TPSA) is 44.5 Å². The van der Waals surface area contributed by atoms with Crippen LogP contribution in [0.1, 0.15) is 0 Å². The second-order valence-corrected chi connectivity index (χ2v) is 10.7. The molecular weight excluding hydrogens is 426 g/mol. The van der Waals surface area contributed by atoms with E-state index in [1.165, 1.54) is 0 Å². The number of ether oxygens (including phenoxy) is 2. The maximum absolute atomic E-state index is 6.90. The number of halogens is 7. The van der Waals surface area contributed by atoms with Crippen LogP contribution in [0.15, 0.2) is 0 Å². The van der Waals surface area contributed by atoms with E-state index in [4.69, 9.17) is 96.4 Å². The fraction of sp³-hybridized carbons (Fsp3) is 1.00. The van der Waals surface area contributed by atoms with Crippen LogP contribution in [-0.4, -0.2) is 58.7 Å². The van der Waals surface area contributed by atoms with Crippen molar-refractivity contribution < 1.29 is 9.47 Å². The monoisotopic (exact) mass is 429 g/mol. The van der Waals surface area contributed by atoms with Crippen LogP contribution in [0.4, 0.5) is 0 Å². The van der Waals surface area contributed by atoms with E-state index >= 15 is 0 Å². The summed E-state index contributed by atoms with van der Waals surface area (Å²) in [4.78, 5) is -9.61. The lowest BCUT2D eigenvalue weighted by atomic mass is 9.13. The van der Waals surface area contributed by atoms with Crippen molar-refractivity contribution in [3.63, 3.8) is 0 Å². The minimum Gasteiger partial charge on any atom is -0.344 e. The summed E-state index contributed by atoms with van der Waals surface area (Å²) in [6.45, 7) is 0.575. The Kier molecular flexibility index (Phi) is 1.79. The summed E-state index contributed by atoms with van der Waals surface area (Å²) in [5.74, 6) is -1.51. The van der Waals surface area contributed by atoms with Crippen molar-refractivity contribution in [3.05, 3.63) is 0 Å². The number of hydrogen-bond acceptors (Lipinski definition) is 3. The van der Waals surface area contributed by atoms with Gasteiger partial charge in [-0.15, -0.1) is 81.2 Å². The molecule has 2 bridgehead atoms. The normalized spacial score (nSPS) is 83.4. The Morgan fingerprint density at radius 1 is 0.571 bits per heavy atom. The molecular formula is C11H6Cl7NO2. The fourth-order valence-corrected chi connectivity index (χ4v) is 13.2. The highest BCUT2D eigenvalue weighted by Gasteiger charge is 3.37. The zero-order chi connectivity index (χ0) is 15.3. The molecule has 7 rings (SSSR count). The van der Waals surface area contributed by atoms with E-state index in [0.29, 0.717) is 0 Å². The van der Waals surface area contributed by atoms with Gasteiger partial charge >= 0.3 is 0 Å². The van der Waals surface area contributed by atoms with Gasteiger partial charge in [0.15, 0.2) is 0 Å². The third-order valence-electron chi connectivity index (χ3n) is 7.03. The molecule has 1 saturated heterocycles. The van der Waals surface area contributed by atoms with E-state index < -0.39 is 45.4 Å². The first-order chi connectivity index (χ1) is 9.46. The zero-order valence-corrected chi connectivity index (χ0v) is 15.2. The molecule has 2 N–H and O–H groups in total. The van der Waals surface area contributed by atoms with Gasteiger partial charge in [0, 0.05) is 0 Å². The average molecular weight is 432 g/mol. The summed E-state index contributed by atoms with van der Waals surface area (Å²) in [7, 11) is 0. The standard InChI is InChI=1S/C11H6Cl7NO2/c12-3-5(14)4(13)7(16)9(18,6(3,15)10(5,7)19)11(8(3,4)17)20-1-2-21-11/h1-2,19H2/t3-,4-,5?,6-,7+,8?,9?,10?/m1/s1. The van der Waals surface area contributed by atoms with E-state index in [0.717, 1.165) is 0 Å². The minimum absolute atomic E-state index is 0.287. The first kappa shape index (κ1) is 14.1. The molecule has 10 heteroatoms. The van der Waals surface area contributed by atoms with Gasteiger partial charge in [-0.05, 0) is 0 Å². The maximum atomic E-state index is 6.90. The summed E-state index contributed by atoms with van der Waals surface area (Å²) < 4.78 is 11.6. The summed E-state index contributed by atoms with van der Waals surface area (Å²) in [6, 6.07) is 0. The van der Waals surface area contributed by atoms with Crippen molar-refractivity contribution in [1.29, 1.82) is 0 Å². The molecule has 0 aromatic rings. The summed E-state index contributed by atoms with van der Waals surface area (Å²) in [5, 5.41) is 0. The van der Waals surface area contributed by atoms with Gasteiger partial charge in [0.2, 0.25) is 5.79 Å². The Labute approximate surface area is 154 Å². The van der Waals surface area contributed by atoms with Crippen molar-refractivity contribution in [3.8, 4) is 0 Å². The molecule has 3 nitrogen and oxygen atoms in total. The second-order valence-electron chi connectivity index (χ2n) is 6.73. The van der Waals surface area contributed by atoms with Crippen molar-refractivity contribution in [2.45, 2.75) is 45.4 Å². The third-order valence-corrected chi connectivity index (χ3v) is 13.7. The lowest BCUT2D eigenvalue weighted by Gasteiger charge is -3.04. The van der Waals surface area contributed by atoms with Gasteiger partial charge < -0.3 is 15.2 Å². The molecule has 1 spiro atoms. The summed E-state index contributed by atoms with van der Waals surface area (Å²) in [5.41, 5.74) is 5.20. The second kappa shape index (κ2) is 2.67. The summed E-state index contributed by atoms with van der Waals surface area (Å²) >= 11 is 47.7. The smallest absolute Gasteiger partial charge is 0.215 e. The Hall–Kier alpha value is 1.91. The molecule has 1 aliphatic heterocycles. The number of nitrogens with two attached hydrogens (primary N) is 1. The van der Waals surface area contributed by atoms with Crippen LogP contribution in [0.2, 0.25) is 0 Å². The van der Waals surface area contributed by atoms with Crippen molar-refractivity contribution in [1.82, 2.24) is 0 Å². The fourth-order valence-electron chi connectivity index (χ4n) is 6.66. The first-order valence-corrected chi connectivity index (χ1v) is 8.99. The number of rotatable bonds is 0. The largest absolute Gasteiger partial charge is 0.344 e. The minimum atomic E-state index is -1.51. The van der Waals surface area contributed by atoms with Crippen LogP contribution >= 0.6 is 81.2 Å². The Balaban J connectivity index is 1.82. The van der Waals surface area contributed by atoms with Gasteiger partial charge in [0.05, 0.1) is 18.8 Å². The van der Waals surface area contributed by atoms with E-state index in [9.17, 15) is 0 Å². The Bertz CT molecular complexity index is 612. The van der Waals surface area contributed by atoms with Crippen LogP contribution < -0.4 is 5.73 Å².